The van der Waals surface area contributed by atoms with Gasteiger partial charge in [0.15, 0.2) is 0 Å². The van der Waals surface area contributed by atoms with Crippen LogP contribution in [0.3, 0.4) is 0 Å². The normalized spacial score (nSPS) is 14.4. The number of nitrogens with two attached hydrogens (primary N) is 1. The Morgan fingerprint density at radius 3 is 2.24 bits per heavy atom. The van der Waals surface area contributed by atoms with Crippen LogP contribution in [0.25, 0.3) is 5.57 Å². The van der Waals surface area contributed by atoms with Gasteiger partial charge in [-0.3, -0.25) is 5.84 Å². The molecule has 0 amide bonds. The van der Waals surface area contributed by atoms with Crippen LogP contribution in [-0.4, -0.2) is 0 Å². The summed E-state index contributed by atoms with van der Waals surface area (Å²) in [7, 11) is 0. The molecule has 21 heavy (non-hydrogen) atoms. The van der Waals surface area contributed by atoms with E-state index in [1.54, 1.807) is 0 Å². The van der Waals surface area contributed by atoms with E-state index in [1.165, 1.54) is 17.6 Å². The van der Waals surface area contributed by atoms with E-state index in [0.29, 0.717) is 0 Å². The molecule has 3 rings (SSSR count). The van der Waals surface area contributed by atoms with Crippen molar-refractivity contribution in [1.29, 1.82) is 0 Å². The quantitative estimate of drug-likeness (QED) is 0.607. The molecule has 0 unspecified atom stereocenters. The zero-order valence-electron chi connectivity index (χ0n) is 13.0. The van der Waals surface area contributed by atoms with Gasteiger partial charge in [-0.25, -0.2) is 0 Å². The summed E-state index contributed by atoms with van der Waals surface area (Å²) < 4.78 is 0. The number of hydrazine groups is 1. The highest BCUT2D eigenvalue weighted by molar-refractivity contribution is 5.70. The third-order valence-corrected chi connectivity index (χ3v) is 2.85. The highest BCUT2D eigenvalue weighted by Crippen LogP contribution is 2.22. The number of rotatable bonds is 2. The van der Waals surface area contributed by atoms with Gasteiger partial charge in [-0.15, -0.1) is 0 Å². The minimum atomic E-state index is 1.01. The van der Waals surface area contributed by atoms with Gasteiger partial charge >= 0.3 is 0 Å². The Morgan fingerprint density at radius 2 is 1.81 bits per heavy atom. The average Bonchev–Trinajstić information content (AvgIpc) is 3.23. The summed E-state index contributed by atoms with van der Waals surface area (Å²) in [6.07, 6.45) is 15.9. The first kappa shape index (κ1) is 17.0. The predicted octanol–water partition coefficient (Wildman–Crippen LogP) is 4.74. The second kappa shape index (κ2) is 10.7. The summed E-state index contributed by atoms with van der Waals surface area (Å²) in [5, 5.41) is 0. The van der Waals surface area contributed by atoms with E-state index >= 15 is 0 Å². The van der Waals surface area contributed by atoms with E-state index in [9.17, 15) is 0 Å². The van der Waals surface area contributed by atoms with Gasteiger partial charge in [0.25, 0.3) is 0 Å². The fourth-order valence-corrected chi connectivity index (χ4v) is 1.88. The lowest BCUT2D eigenvalue weighted by Gasteiger charge is -1.99. The van der Waals surface area contributed by atoms with Crippen molar-refractivity contribution in [2.24, 2.45) is 5.84 Å². The van der Waals surface area contributed by atoms with Gasteiger partial charge in [-0.2, -0.15) is 0 Å². The van der Waals surface area contributed by atoms with E-state index in [4.69, 9.17) is 5.84 Å². The van der Waals surface area contributed by atoms with Crippen molar-refractivity contribution in [3.63, 3.8) is 0 Å². The lowest BCUT2D eigenvalue weighted by atomic mass is 10.1. The monoisotopic (exact) mass is 282 g/mol. The van der Waals surface area contributed by atoms with E-state index in [-0.39, 0.29) is 0 Å². The lowest BCUT2D eigenvalue weighted by Crippen LogP contribution is -2.18. The molecule has 0 aliphatic heterocycles. The third-order valence-electron chi connectivity index (χ3n) is 2.85. The Kier molecular flexibility index (Phi) is 8.65. The van der Waals surface area contributed by atoms with Crippen LogP contribution in [0, 0.1) is 0 Å². The zero-order valence-corrected chi connectivity index (χ0v) is 13.0. The van der Waals surface area contributed by atoms with Crippen LogP contribution in [0.2, 0.25) is 0 Å². The van der Waals surface area contributed by atoms with Crippen molar-refractivity contribution in [2.75, 3.05) is 0 Å². The molecule has 0 radical (unpaired) electrons. The van der Waals surface area contributed by atoms with Crippen molar-refractivity contribution in [3.8, 4) is 0 Å². The van der Waals surface area contributed by atoms with E-state index in [0.717, 1.165) is 18.5 Å². The van der Waals surface area contributed by atoms with Crippen molar-refractivity contribution in [3.05, 3.63) is 78.0 Å². The summed E-state index contributed by atoms with van der Waals surface area (Å²) in [5.41, 5.74) is 6.32. The van der Waals surface area contributed by atoms with Gasteiger partial charge in [0, 0.05) is 5.70 Å². The molecule has 2 aliphatic carbocycles. The van der Waals surface area contributed by atoms with Crippen LogP contribution in [0.5, 0.6) is 0 Å². The summed E-state index contributed by atoms with van der Waals surface area (Å²) >= 11 is 0. The fraction of sp³-hybridized carbons (Fsp3) is 0.263. The van der Waals surface area contributed by atoms with Crippen LogP contribution in [-0.2, 0) is 0 Å². The standard InChI is InChI=1S/C11H10.C5H8N2.C3H8/c1-2-6-10(7-3-1)11-8-4-5-9-11;6-7-5-3-1-2-4-5;1-3-2/h1-8H,9H2;1,3-4,7H,2,6H2;3H2,1-2H3. The van der Waals surface area contributed by atoms with Crippen molar-refractivity contribution in [1.82, 2.24) is 5.43 Å². The van der Waals surface area contributed by atoms with Gasteiger partial charge in [0.2, 0.25) is 0 Å². The van der Waals surface area contributed by atoms with Crippen molar-refractivity contribution in [2.45, 2.75) is 33.1 Å². The predicted molar refractivity (Wildman–Crippen MR) is 93.3 cm³/mol. The van der Waals surface area contributed by atoms with Gasteiger partial charge in [0.05, 0.1) is 0 Å². The largest absolute Gasteiger partial charge is 0.324 e. The Morgan fingerprint density at radius 1 is 1.10 bits per heavy atom. The van der Waals surface area contributed by atoms with E-state index in [2.05, 4.69) is 67.8 Å². The Balaban J connectivity index is 0.000000190. The molecule has 0 saturated heterocycles. The summed E-state index contributed by atoms with van der Waals surface area (Å²) in [5.74, 6) is 5.06. The van der Waals surface area contributed by atoms with Crippen LogP contribution >= 0.6 is 0 Å². The molecular weight excluding hydrogens is 256 g/mol. The molecule has 2 heteroatoms. The topological polar surface area (TPSA) is 38.0 Å². The third kappa shape index (κ3) is 6.77. The molecule has 1 aromatic carbocycles. The molecule has 2 nitrogen and oxygen atoms in total. The SMILES string of the molecule is C1=CCC(c2ccccc2)=C1.CCC.NNC1=CCC=C1. The maximum Gasteiger partial charge on any atom is 0.0445 e. The van der Waals surface area contributed by atoms with Gasteiger partial charge in [-0.05, 0) is 30.1 Å². The minimum absolute atomic E-state index is 1.01. The molecule has 0 spiro atoms. The van der Waals surface area contributed by atoms with Gasteiger partial charge < -0.3 is 5.43 Å². The van der Waals surface area contributed by atoms with Crippen LogP contribution in [0.1, 0.15) is 38.7 Å². The second-order valence-electron chi connectivity index (χ2n) is 4.84. The summed E-state index contributed by atoms with van der Waals surface area (Å²) in [6, 6.07) is 10.5. The van der Waals surface area contributed by atoms with Crippen molar-refractivity contribution < 1.29 is 0 Å². The maximum absolute atomic E-state index is 5.06. The Hall–Kier alpha value is -2.06. The highest BCUT2D eigenvalue weighted by Gasteiger charge is 2.00. The molecule has 0 heterocycles. The number of allylic oxidation sites excluding steroid dienone is 7. The fourth-order valence-electron chi connectivity index (χ4n) is 1.88. The number of hydrogen-bond acceptors (Lipinski definition) is 2. The molecule has 112 valence electrons. The average molecular weight is 282 g/mol. The first-order chi connectivity index (χ1) is 10.3. The van der Waals surface area contributed by atoms with Crippen LogP contribution in [0.4, 0.5) is 0 Å². The zero-order chi connectivity index (χ0) is 15.3. The van der Waals surface area contributed by atoms with Gasteiger partial charge in [-0.1, -0.05) is 81.0 Å². The van der Waals surface area contributed by atoms with Crippen LogP contribution < -0.4 is 11.3 Å². The number of hydrogen-bond donors (Lipinski definition) is 2. The molecule has 0 atom stereocenters. The first-order valence-electron chi connectivity index (χ1n) is 7.56. The molecule has 3 N–H and O–H groups in total. The number of benzene rings is 1. The Labute approximate surface area is 128 Å². The lowest BCUT2D eigenvalue weighted by molar-refractivity contribution is 0.918. The highest BCUT2D eigenvalue weighted by atomic mass is 15.2. The molecule has 0 fully saturated rings. The summed E-state index contributed by atoms with van der Waals surface area (Å²) in [6.45, 7) is 4.25. The smallest absolute Gasteiger partial charge is 0.0445 e. The van der Waals surface area contributed by atoms with Crippen molar-refractivity contribution >= 4 is 5.57 Å². The summed E-state index contributed by atoms with van der Waals surface area (Å²) in [4.78, 5) is 0. The Bertz CT molecular complexity index is 508. The van der Waals surface area contributed by atoms with E-state index in [1.807, 2.05) is 18.2 Å². The van der Waals surface area contributed by atoms with Crippen LogP contribution in [0.15, 0.2) is 72.5 Å². The molecule has 1 aromatic rings. The first-order valence-corrected chi connectivity index (χ1v) is 7.56. The minimum Gasteiger partial charge on any atom is -0.324 e. The second-order valence-corrected chi connectivity index (χ2v) is 4.84. The molecule has 2 aliphatic rings. The maximum atomic E-state index is 5.06. The van der Waals surface area contributed by atoms with E-state index < -0.39 is 0 Å². The molecular formula is C19H26N2. The molecule has 0 saturated carbocycles. The number of nitrogens with one attached hydrogen (secondary N) is 1. The van der Waals surface area contributed by atoms with Gasteiger partial charge in [0.1, 0.15) is 0 Å². The molecule has 0 aromatic heterocycles. The molecule has 0 bridgehead atoms.